The Hall–Kier alpha value is -1.07. The first-order valence-electron chi connectivity index (χ1n) is 6.45. The third kappa shape index (κ3) is 3.28. The van der Waals surface area contributed by atoms with Gasteiger partial charge in [0.25, 0.3) is 0 Å². The van der Waals surface area contributed by atoms with Gasteiger partial charge in [-0.25, -0.2) is 0 Å². The minimum atomic E-state index is 0.177. The van der Waals surface area contributed by atoms with Crippen molar-refractivity contribution in [2.45, 2.75) is 6.42 Å². The molecule has 1 aromatic rings. The van der Waals surface area contributed by atoms with E-state index in [2.05, 4.69) is 41.0 Å². The first-order chi connectivity index (χ1) is 8.99. The summed E-state index contributed by atoms with van der Waals surface area (Å²) in [5, 5.41) is 0. The van der Waals surface area contributed by atoms with E-state index < -0.39 is 0 Å². The lowest BCUT2D eigenvalue weighted by molar-refractivity contribution is -0.117. The highest BCUT2D eigenvalue weighted by atomic mass is 79.9. The maximum Gasteiger partial charge on any atom is 0.246 e. The van der Waals surface area contributed by atoms with Crippen molar-refractivity contribution in [3.63, 3.8) is 0 Å². The summed E-state index contributed by atoms with van der Waals surface area (Å²) in [7, 11) is 6.06. The summed E-state index contributed by atoms with van der Waals surface area (Å²) in [5.74, 6) is 0.177. The quantitative estimate of drug-likeness (QED) is 0.849. The van der Waals surface area contributed by atoms with Crippen LogP contribution in [0.3, 0.4) is 0 Å². The number of fused-ring (bicyclic) bond motifs is 1. The van der Waals surface area contributed by atoms with Gasteiger partial charge in [0.15, 0.2) is 0 Å². The number of amides is 1. The Balaban J connectivity index is 2.20. The van der Waals surface area contributed by atoms with Crippen molar-refractivity contribution >= 4 is 33.2 Å². The lowest BCUT2D eigenvalue weighted by atomic mass is 10.1. The molecule has 1 aromatic carbocycles. The molecule has 0 unspecified atom stereocenters. The van der Waals surface area contributed by atoms with Crippen LogP contribution in [0, 0.1) is 0 Å². The smallest absolute Gasteiger partial charge is 0.246 e. The molecule has 0 aliphatic carbocycles. The molecule has 19 heavy (non-hydrogen) atoms. The molecule has 0 bridgehead atoms. The van der Waals surface area contributed by atoms with Gasteiger partial charge in [-0.1, -0.05) is 15.9 Å². The average Bonchev–Trinajstić information content (AvgIpc) is 2.33. The van der Waals surface area contributed by atoms with Gasteiger partial charge in [0.05, 0.1) is 17.9 Å². The number of rotatable bonds is 4. The lowest BCUT2D eigenvalue weighted by Gasteiger charge is -2.35. The molecule has 0 radical (unpaired) electrons. The monoisotopic (exact) mass is 325 g/mol. The summed E-state index contributed by atoms with van der Waals surface area (Å²) < 4.78 is 1.04. The minimum Gasteiger partial charge on any atom is -0.364 e. The second-order valence-corrected chi connectivity index (χ2v) is 6.11. The standard InChI is InChI=1S/C14H20BrN3O/c1-16(2)7-4-8-18-12-6-5-11(15)9-13(12)17(3)10-14(18)19/h5-6,9H,4,7-8,10H2,1-3H3. The second-order valence-electron chi connectivity index (χ2n) is 5.19. The van der Waals surface area contributed by atoms with E-state index in [0.29, 0.717) is 6.54 Å². The third-order valence-corrected chi connectivity index (χ3v) is 3.79. The van der Waals surface area contributed by atoms with Crippen LogP contribution in [0.4, 0.5) is 11.4 Å². The van der Waals surface area contributed by atoms with E-state index in [1.807, 2.05) is 29.0 Å². The van der Waals surface area contributed by atoms with Crippen molar-refractivity contribution < 1.29 is 4.79 Å². The lowest BCUT2D eigenvalue weighted by Crippen LogP contribution is -2.45. The fraction of sp³-hybridized carbons (Fsp3) is 0.500. The SMILES string of the molecule is CN(C)CCCN1C(=O)CN(C)c2cc(Br)ccc21. The van der Waals surface area contributed by atoms with Gasteiger partial charge < -0.3 is 14.7 Å². The second kappa shape index (κ2) is 5.92. The van der Waals surface area contributed by atoms with Crippen LogP contribution < -0.4 is 9.80 Å². The topological polar surface area (TPSA) is 26.8 Å². The highest BCUT2D eigenvalue weighted by Crippen LogP contribution is 2.35. The zero-order chi connectivity index (χ0) is 14.0. The number of benzene rings is 1. The highest BCUT2D eigenvalue weighted by molar-refractivity contribution is 9.10. The maximum atomic E-state index is 12.2. The van der Waals surface area contributed by atoms with Crippen LogP contribution in [0.2, 0.25) is 0 Å². The predicted molar refractivity (Wildman–Crippen MR) is 82.9 cm³/mol. The molecule has 0 aromatic heterocycles. The number of likely N-dealkylation sites (N-methyl/N-ethyl adjacent to an activating group) is 1. The Morgan fingerprint density at radius 1 is 1.32 bits per heavy atom. The summed E-state index contributed by atoms with van der Waals surface area (Å²) in [5.41, 5.74) is 2.12. The Labute approximate surface area is 123 Å². The molecule has 1 aliphatic heterocycles. The maximum absolute atomic E-state index is 12.2. The number of hydrogen-bond acceptors (Lipinski definition) is 3. The molecular weight excluding hydrogens is 306 g/mol. The van der Waals surface area contributed by atoms with Gasteiger partial charge in [0.2, 0.25) is 5.91 Å². The van der Waals surface area contributed by atoms with Gasteiger partial charge >= 0.3 is 0 Å². The zero-order valence-corrected chi connectivity index (χ0v) is 13.3. The molecule has 0 saturated heterocycles. The van der Waals surface area contributed by atoms with Gasteiger partial charge in [-0.3, -0.25) is 4.79 Å². The summed E-state index contributed by atoms with van der Waals surface area (Å²) in [6.45, 7) is 2.22. The van der Waals surface area contributed by atoms with Crippen LogP contribution in [0.1, 0.15) is 6.42 Å². The van der Waals surface area contributed by atoms with Crippen molar-refractivity contribution in [3.8, 4) is 0 Å². The molecular formula is C14H20BrN3O. The van der Waals surface area contributed by atoms with E-state index in [0.717, 1.165) is 35.4 Å². The largest absolute Gasteiger partial charge is 0.364 e. The van der Waals surface area contributed by atoms with Gasteiger partial charge in [0, 0.05) is 18.1 Å². The fourth-order valence-electron chi connectivity index (χ4n) is 2.33. The molecule has 1 heterocycles. The van der Waals surface area contributed by atoms with Crippen molar-refractivity contribution in [2.24, 2.45) is 0 Å². The molecule has 0 saturated carbocycles. The molecule has 0 N–H and O–H groups in total. The molecule has 5 heteroatoms. The van der Waals surface area contributed by atoms with Crippen LogP contribution in [0.5, 0.6) is 0 Å². The fourth-order valence-corrected chi connectivity index (χ4v) is 2.68. The van der Waals surface area contributed by atoms with E-state index in [1.165, 1.54) is 0 Å². The summed E-state index contributed by atoms with van der Waals surface area (Å²) >= 11 is 3.49. The molecule has 0 atom stereocenters. The molecule has 0 fully saturated rings. The summed E-state index contributed by atoms with van der Waals surface area (Å²) in [6, 6.07) is 6.08. The average molecular weight is 326 g/mol. The van der Waals surface area contributed by atoms with Crippen molar-refractivity contribution in [3.05, 3.63) is 22.7 Å². The van der Waals surface area contributed by atoms with Crippen LogP contribution in [0.15, 0.2) is 22.7 Å². The van der Waals surface area contributed by atoms with Crippen LogP contribution >= 0.6 is 15.9 Å². The zero-order valence-electron chi connectivity index (χ0n) is 11.7. The van der Waals surface area contributed by atoms with Crippen molar-refractivity contribution in [1.82, 2.24) is 4.90 Å². The van der Waals surface area contributed by atoms with Gasteiger partial charge in [-0.2, -0.15) is 0 Å². The third-order valence-electron chi connectivity index (χ3n) is 3.30. The van der Waals surface area contributed by atoms with Crippen LogP contribution in [-0.4, -0.2) is 51.6 Å². The number of carbonyl (C=O) groups excluding carboxylic acids is 1. The molecule has 2 rings (SSSR count). The molecule has 0 spiro atoms. The van der Waals surface area contributed by atoms with Crippen LogP contribution in [-0.2, 0) is 4.79 Å². The van der Waals surface area contributed by atoms with E-state index >= 15 is 0 Å². The Kier molecular flexibility index (Phi) is 4.47. The summed E-state index contributed by atoms with van der Waals surface area (Å²) in [4.78, 5) is 18.2. The summed E-state index contributed by atoms with van der Waals surface area (Å²) in [6.07, 6.45) is 0.984. The highest BCUT2D eigenvalue weighted by Gasteiger charge is 2.26. The molecule has 1 aliphatic rings. The number of carbonyl (C=O) groups is 1. The minimum absolute atomic E-state index is 0.177. The van der Waals surface area contributed by atoms with E-state index in [-0.39, 0.29) is 5.91 Å². The van der Waals surface area contributed by atoms with Gasteiger partial charge in [-0.05, 0) is 45.3 Å². The molecule has 1 amide bonds. The number of anilines is 2. The first-order valence-corrected chi connectivity index (χ1v) is 7.24. The van der Waals surface area contributed by atoms with Gasteiger partial charge in [0.1, 0.15) is 0 Å². The molecule has 4 nitrogen and oxygen atoms in total. The number of halogens is 1. The van der Waals surface area contributed by atoms with E-state index in [4.69, 9.17) is 0 Å². The Morgan fingerprint density at radius 2 is 2.05 bits per heavy atom. The number of nitrogens with zero attached hydrogens (tertiary/aromatic N) is 3. The Bertz CT molecular complexity index is 476. The first kappa shape index (κ1) is 14.3. The van der Waals surface area contributed by atoms with Crippen LogP contribution in [0.25, 0.3) is 0 Å². The number of hydrogen-bond donors (Lipinski definition) is 0. The predicted octanol–water partition coefficient (Wildman–Crippen LogP) is 2.18. The van der Waals surface area contributed by atoms with E-state index in [1.54, 1.807) is 0 Å². The van der Waals surface area contributed by atoms with E-state index in [9.17, 15) is 4.79 Å². The van der Waals surface area contributed by atoms with Crippen molar-refractivity contribution in [2.75, 3.05) is 50.6 Å². The van der Waals surface area contributed by atoms with Crippen molar-refractivity contribution in [1.29, 1.82) is 0 Å². The normalized spacial score (nSPS) is 15.1. The Morgan fingerprint density at radius 3 is 2.74 bits per heavy atom. The molecule has 104 valence electrons. The van der Waals surface area contributed by atoms with Gasteiger partial charge in [-0.15, -0.1) is 0 Å².